The van der Waals surface area contributed by atoms with Crippen molar-refractivity contribution in [3.63, 3.8) is 0 Å². The number of ether oxygens (including phenoxy) is 2. The number of aryl methyl sites for hydroxylation is 1. The molecule has 10 heteroatoms. The normalized spacial score (nSPS) is 22.8. The Morgan fingerprint density at radius 2 is 1.93 bits per heavy atom. The fourth-order valence-corrected chi connectivity index (χ4v) is 6.56. The lowest BCUT2D eigenvalue weighted by molar-refractivity contribution is -0.139. The van der Waals surface area contributed by atoms with E-state index in [2.05, 4.69) is 41.7 Å². The number of carbonyl (C=O) groups is 1. The first kappa shape index (κ1) is 37.0. The third-order valence-corrected chi connectivity index (χ3v) is 9.56. The number of hydrogen-bond acceptors (Lipinski definition) is 7. The Morgan fingerprint density at radius 1 is 1.16 bits per heavy atom. The smallest absolute Gasteiger partial charge is 0.263 e. The van der Waals surface area contributed by atoms with E-state index < -0.39 is 22.5 Å². The van der Waals surface area contributed by atoms with E-state index in [9.17, 15) is 9.00 Å². The summed E-state index contributed by atoms with van der Waals surface area (Å²) in [6.07, 6.45) is 9.18. The van der Waals surface area contributed by atoms with Gasteiger partial charge >= 0.3 is 0 Å². The zero-order valence-corrected chi connectivity index (χ0v) is 29.4. The summed E-state index contributed by atoms with van der Waals surface area (Å²) < 4.78 is 28.1. The van der Waals surface area contributed by atoms with Crippen molar-refractivity contribution in [2.24, 2.45) is 5.92 Å². The number of aliphatic hydroxyl groups excluding tert-OH is 1. The quantitative estimate of drug-likeness (QED) is 0.360. The molecule has 3 atom stereocenters. The van der Waals surface area contributed by atoms with E-state index in [-0.39, 0.29) is 12.5 Å². The Balaban J connectivity index is 0.000000838. The molecule has 2 aromatic rings. The SMILES string of the molecule is CCCc1cc(Cl)ccc1C1COc2ccc3cc2N(CCC(CC)C/C=C/COC(C)(C)C(=O)NS3=O)C1.CN(C)CCO. The van der Waals surface area contributed by atoms with Crippen LogP contribution in [0.25, 0.3) is 0 Å². The summed E-state index contributed by atoms with van der Waals surface area (Å²) in [7, 11) is 2.12. The topological polar surface area (TPSA) is 91.3 Å². The van der Waals surface area contributed by atoms with Crippen LogP contribution < -0.4 is 14.4 Å². The molecular formula is C35H52ClN3O5S. The maximum atomic E-state index is 13.2. The summed E-state index contributed by atoms with van der Waals surface area (Å²) in [5.74, 6) is 1.03. The van der Waals surface area contributed by atoms with E-state index in [1.807, 2.05) is 43.3 Å². The molecule has 3 unspecified atom stereocenters. The second kappa shape index (κ2) is 18.0. The molecule has 2 aliphatic rings. The number of likely N-dealkylation sites (N-methyl/N-ethyl adjacent to an activating group) is 1. The van der Waals surface area contributed by atoms with Gasteiger partial charge in [-0.25, -0.2) is 4.21 Å². The minimum absolute atomic E-state index is 0.161. The van der Waals surface area contributed by atoms with Crippen molar-refractivity contribution in [3.8, 4) is 5.75 Å². The van der Waals surface area contributed by atoms with E-state index in [0.29, 0.717) is 24.0 Å². The highest BCUT2D eigenvalue weighted by atomic mass is 35.5. The van der Waals surface area contributed by atoms with Crippen LogP contribution in [0.2, 0.25) is 5.02 Å². The number of fused-ring (bicyclic) bond motifs is 1. The fourth-order valence-electron chi connectivity index (χ4n) is 5.42. The standard InChI is InChI=1S/C31H41ClN2O4S.C4H11NO/c1-5-9-23-18-25(32)11-13-27(23)24-20-34-16-15-22(6-2)10-7-8-17-38-31(3,4)30(35)33-39(36)26-12-14-29(37-21-24)28(34)19-26;1-5(2)3-4-6/h7-8,11-14,18-19,22,24H,5-6,9-10,15-17,20-21H2,1-4H3,(H,33,35);6H,3-4H2,1-2H3/b8-7+;. The van der Waals surface area contributed by atoms with Crippen LogP contribution in [0, 0.1) is 5.92 Å². The van der Waals surface area contributed by atoms with Crippen molar-refractivity contribution in [1.29, 1.82) is 0 Å². The lowest BCUT2D eigenvalue weighted by Crippen LogP contribution is -2.45. The predicted molar refractivity (Wildman–Crippen MR) is 185 cm³/mol. The molecule has 0 aromatic heterocycles. The molecule has 8 nitrogen and oxygen atoms in total. The zero-order chi connectivity index (χ0) is 33.0. The summed E-state index contributed by atoms with van der Waals surface area (Å²) in [5, 5.41) is 8.95. The Bertz CT molecular complexity index is 1300. The number of halogens is 1. The first-order valence-corrected chi connectivity index (χ1v) is 17.6. The Labute approximate surface area is 277 Å². The van der Waals surface area contributed by atoms with Crippen LogP contribution >= 0.6 is 11.6 Å². The van der Waals surface area contributed by atoms with Crippen LogP contribution in [0.5, 0.6) is 5.75 Å². The molecule has 250 valence electrons. The first-order chi connectivity index (χ1) is 21.5. The number of nitrogens with zero attached hydrogens (tertiary/aromatic N) is 2. The summed E-state index contributed by atoms with van der Waals surface area (Å²) in [5.41, 5.74) is 2.35. The molecule has 1 amide bonds. The lowest BCUT2D eigenvalue weighted by atomic mass is 9.91. The van der Waals surface area contributed by atoms with Crippen LogP contribution in [0.4, 0.5) is 5.69 Å². The van der Waals surface area contributed by atoms with Gasteiger partial charge in [0, 0.05) is 30.6 Å². The highest BCUT2D eigenvalue weighted by Crippen LogP contribution is 2.38. The molecule has 4 rings (SSSR count). The van der Waals surface area contributed by atoms with Crippen molar-refractivity contribution in [1.82, 2.24) is 9.62 Å². The number of hydrogen-bond donors (Lipinski definition) is 2. The Morgan fingerprint density at radius 3 is 2.60 bits per heavy atom. The van der Waals surface area contributed by atoms with E-state index in [0.717, 1.165) is 68.2 Å². The molecule has 2 bridgehead atoms. The minimum Gasteiger partial charge on any atom is -0.491 e. The molecule has 0 aliphatic carbocycles. The molecule has 0 saturated heterocycles. The maximum absolute atomic E-state index is 13.2. The van der Waals surface area contributed by atoms with Crippen molar-refractivity contribution in [2.45, 2.75) is 76.2 Å². The van der Waals surface area contributed by atoms with Crippen LogP contribution in [0.15, 0.2) is 53.4 Å². The highest BCUT2D eigenvalue weighted by Gasteiger charge is 2.31. The summed E-state index contributed by atoms with van der Waals surface area (Å²) in [6, 6.07) is 11.8. The molecule has 0 saturated carbocycles. The Hall–Kier alpha value is -2.43. The number of allylic oxidation sites excluding steroid dienone is 1. The van der Waals surface area contributed by atoms with Gasteiger partial charge in [-0.2, -0.15) is 0 Å². The molecular weight excluding hydrogens is 610 g/mol. The van der Waals surface area contributed by atoms with Gasteiger partial charge < -0.3 is 24.4 Å². The zero-order valence-electron chi connectivity index (χ0n) is 27.8. The van der Waals surface area contributed by atoms with Gasteiger partial charge in [-0.15, -0.1) is 0 Å². The minimum atomic E-state index is -1.73. The monoisotopic (exact) mass is 661 g/mol. The molecule has 2 aromatic carbocycles. The van der Waals surface area contributed by atoms with Gasteiger partial charge in [-0.05, 0) is 94.6 Å². The predicted octanol–water partition coefficient (Wildman–Crippen LogP) is 6.13. The number of nitrogens with one attached hydrogen (secondary N) is 1. The molecule has 0 radical (unpaired) electrons. The van der Waals surface area contributed by atoms with Crippen LogP contribution in [0.1, 0.15) is 70.4 Å². The molecule has 0 spiro atoms. The number of amides is 1. The van der Waals surface area contributed by atoms with E-state index in [1.165, 1.54) is 11.1 Å². The third kappa shape index (κ3) is 11.1. The van der Waals surface area contributed by atoms with Gasteiger partial charge in [-0.3, -0.25) is 9.52 Å². The average Bonchev–Trinajstić information content (AvgIpc) is 3.17. The first-order valence-electron chi connectivity index (χ1n) is 16.1. The van der Waals surface area contributed by atoms with Gasteiger partial charge in [0.25, 0.3) is 5.91 Å². The van der Waals surface area contributed by atoms with Crippen LogP contribution in [-0.4, -0.2) is 79.3 Å². The largest absolute Gasteiger partial charge is 0.491 e. The molecule has 45 heavy (non-hydrogen) atoms. The number of benzene rings is 2. The number of anilines is 1. The highest BCUT2D eigenvalue weighted by molar-refractivity contribution is 7.83. The number of carbonyl (C=O) groups excluding carboxylic acids is 1. The second-order valence-corrected chi connectivity index (χ2v) is 14.1. The van der Waals surface area contributed by atoms with E-state index in [1.54, 1.807) is 19.9 Å². The molecule has 2 aliphatic heterocycles. The van der Waals surface area contributed by atoms with E-state index in [4.69, 9.17) is 26.2 Å². The van der Waals surface area contributed by atoms with Gasteiger partial charge in [0.15, 0.2) is 11.0 Å². The molecule has 2 N–H and O–H groups in total. The van der Waals surface area contributed by atoms with Gasteiger partial charge in [-0.1, -0.05) is 56.5 Å². The van der Waals surface area contributed by atoms with Crippen LogP contribution in [0.3, 0.4) is 0 Å². The van der Waals surface area contributed by atoms with Crippen LogP contribution in [-0.2, 0) is 26.9 Å². The van der Waals surface area contributed by atoms with E-state index >= 15 is 0 Å². The van der Waals surface area contributed by atoms with Crippen molar-refractivity contribution >= 4 is 34.2 Å². The maximum Gasteiger partial charge on any atom is 0.263 e. The number of rotatable bonds is 6. The van der Waals surface area contributed by atoms with Crippen molar-refractivity contribution in [3.05, 3.63) is 64.7 Å². The average molecular weight is 662 g/mol. The summed E-state index contributed by atoms with van der Waals surface area (Å²) in [4.78, 5) is 17.7. The fraction of sp³-hybridized carbons (Fsp3) is 0.571. The van der Waals surface area contributed by atoms with Gasteiger partial charge in [0.1, 0.15) is 11.4 Å². The molecule has 2 heterocycles. The number of aliphatic hydroxyl groups is 1. The summed E-state index contributed by atoms with van der Waals surface area (Å²) >= 11 is 6.37. The van der Waals surface area contributed by atoms with Crippen molar-refractivity contribution < 1.29 is 23.6 Å². The third-order valence-electron chi connectivity index (χ3n) is 8.27. The second-order valence-electron chi connectivity index (χ2n) is 12.5. The van der Waals surface area contributed by atoms with Crippen molar-refractivity contribution in [2.75, 3.05) is 58.5 Å². The van der Waals surface area contributed by atoms with Gasteiger partial charge in [0.2, 0.25) is 0 Å². The molecule has 0 fully saturated rings. The Kier molecular flexibility index (Phi) is 14.9. The van der Waals surface area contributed by atoms with Gasteiger partial charge in [0.05, 0.1) is 30.4 Å². The summed E-state index contributed by atoms with van der Waals surface area (Å²) in [6.45, 7) is 11.3. The lowest BCUT2D eigenvalue weighted by Gasteiger charge is -2.29.